The molecule has 0 unspecified atom stereocenters. The predicted molar refractivity (Wildman–Crippen MR) is 107 cm³/mol. The van der Waals surface area contributed by atoms with E-state index in [1.54, 1.807) is 0 Å². The van der Waals surface area contributed by atoms with Crippen molar-refractivity contribution < 1.29 is 0 Å². The van der Waals surface area contributed by atoms with Gasteiger partial charge in [-0.1, -0.05) is 43.7 Å². The largest absolute Gasteiger partial charge is 0.343 e. The fourth-order valence-electron chi connectivity index (χ4n) is 4.02. The molecule has 0 atom stereocenters. The third kappa shape index (κ3) is 1.81. The number of aromatic nitrogens is 1. The maximum Gasteiger partial charge on any atom is 0.0583 e. The van der Waals surface area contributed by atoms with Gasteiger partial charge in [0.05, 0.1) is 5.52 Å². The third-order valence-corrected chi connectivity index (χ3v) is 6.24. The molecule has 0 radical (unpaired) electrons. The maximum absolute atomic E-state index is 2.41. The molecular weight excluding hydrogens is 310 g/mol. The van der Waals surface area contributed by atoms with E-state index >= 15 is 0 Å². The zero-order chi connectivity index (χ0) is 16.3. The summed E-state index contributed by atoms with van der Waals surface area (Å²) in [6.45, 7) is 2.25. The molecule has 118 valence electrons. The Bertz CT molecular complexity index is 1220. The summed E-state index contributed by atoms with van der Waals surface area (Å²) in [6, 6.07) is 20.3. The van der Waals surface area contributed by atoms with Crippen LogP contribution in [0.15, 0.2) is 54.6 Å². The number of benzene rings is 3. The van der Waals surface area contributed by atoms with Gasteiger partial charge in [-0.2, -0.15) is 0 Å². The van der Waals surface area contributed by atoms with Gasteiger partial charge in [-0.25, -0.2) is 0 Å². The molecule has 0 aliphatic heterocycles. The van der Waals surface area contributed by atoms with Gasteiger partial charge in [0.25, 0.3) is 0 Å². The van der Waals surface area contributed by atoms with Gasteiger partial charge in [0, 0.05) is 43.5 Å². The fraction of sp³-hybridized carbons (Fsp3) is 0.182. The SMILES string of the molecule is CCCc1ccc2sc3ccc4c5ccccc5n(C)c4c3c2c1. The first kappa shape index (κ1) is 14.1. The van der Waals surface area contributed by atoms with Crippen LogP contribution in [0.3, 0.4) is 0 Å². The lowest BCUT2D eigenvalue weighted by atomic mass is 10.0. The quantitative estimate of drug-likeness (QED) is 0.341. The van der Waals surface area contributed by atoms with Crippen LogP contribution in [0.5, 0.6) is 0 Å². The van der Waals surface area contributed by atoms with Crippen molar-refractivity contribution in [2.75, 3.05) is 0 Å². The average molecular weight is 329 g/mol. The Morgan fingerprint density at radius 3 is 2.58 bits per heavy atom. The molecule has 0 spiro atoms. The van der Waals surface area contributed by atoms with Crippen molar-refractivity contribution in [1.29, 1.82) is 0 Å². The molecule has 2 heterocycles. The highest BCUT2D eigenvalue weighted by Gasteiger charge is 2.15. The van der Waals surface area contributed by atoms with E-state index in [1.165, 1.54) is 54.0 Å². The van der Waals surface area contributed by atoms with Crippen LogP contribution in [0.25, 0.3) is 42.0 Å². The Labute approximate surface area is 145 Å². The molecular formula is C22H19NS. The molecule has 3 aromatic carbocycles. The standard InChI is InChI=1S/C22H19NS/c1-3-6-14-9-11-19-17(13-14)21-20(24-19)12-10-16-15-7-4-5-8-18(15)23(2)22(16)21/h4-5,7-13H,3,6H2,1-2H3. The molecule has 5 rings (SSSR count). The lowest BCUT2D eigenvalue weighted by molar-refractivity contribution is 0.924. The topological polar surface area (TPSA) is 4.93 Å². The number of nitrogens with zero attached hydrogens (tertiary/aromatic N) is 1. The highest BCUT2D eigenvalue weighted by atomic mass is 32.1. The van der Waals surface area contributed by atoms with Crippen molar-refractivity contribution in [3.05, 3.63) is 60.2 Å². The number of fused-ring (bicyclic) bond motifs is 7. The second kappa shape index (κ2) is 5.09. The molecule has 0 aliphatic carbocycles. The molecule has 2 heteroatoms. The van der Waals surface area contributed by atoms with Crippen LogP contribution in [0.1, 0.15) is 18.9 Å². The maximum atomic E-state index is 2.41. The van der Waals surface area contributed by atoms with Crippen molar-refractivity contribution in [3.63, 3.8) is 0 Å². The number of rotatable bonds is 2. The van der Waals surface area contributed by atoms with Crippen LogP contribution in [0.4, 0.5) is 0 Å². The monoisotopic (exact) mass is 329 g/mol. The first-order valence-electron chi connectivity index (χ1n) is 8.59. The summed E-state index contributed by atoms with van der Waals surface area (Å²) in [4.78, 5) is 0. The third-order valence-electron chi connectivity index (χ3n) is 5.10. The molecule has 2 aromatic heterocycles. The van der Waals surface area contributed by atoms with Gasteiger partial charge in [-0.15, -0.1) is 11.3 Å². The minimum Gasteiger partial charge on any atom is -0.343 e. The average Bonchev–Trinajstić information content (AvgIpc) is 3.11. The number of para-hydroxylation sites is 1. The summed E-state index contributed by atoms with van der Waals surface area (Å²) in [5.41, 5.74) is 4.12. The lowest BCUT2D eigenvalue weighted by Gasteiger charge is -2.02. The van der Waals surface area contributed by atoms with Gasteiger partial charge in [-0.3, -0.25) is 0 Å². The van der Waals surface area contributed by atoms with Crippen LogP contribution >= 0.6 is 11.3 Å². The Kier molecular flexibility index (Phi) is 2.98. The Morgan fingerprint density at radius 1 is 0.875 bits per heavy atom. The zero-order valence-electron chi connectivity index (χ0n) is 14.0. The molecule has 0 saturated carbocycles. The van der Waals surface area contributed by atoms with Crippen molar-refractivity contribution in [3.8, 4) is 0 Å². The molecule has 1 nitrogen and oxygen atoms in total. The summed E-state index contributed by atoms with van der Waals surface area (Å²) >= 11 is 1.91. The van der Waals surface area contributed by atoms with Gasteiger partial charge < -0.3 is 4.57 Å². The molecule has 5 aromatic rings. The van der Waals surface area contributed by atoms with E-state index in [-0.39, 0.29) is 0 Å². The van der Waals surface area contributed by atoms with Crippen molar-refractivity contribution >= 4 is 53.3 Å². The number of hydrogen-bond acceptors (Lipinski definition) is 1. The van der Waals surface area contributed by atoms with E-state index in [1.807, 2.05) is 11.3 Å². The number of aryl methyl sites for hydroxylation is 2. The van der Waals surface area contributed by atoms with E-state index in [9.17, 15) is 0 Å². The van der Waals surface area contributed by atoms with E-state index in [4.69, 9.17) is 0 Å². The first-order chi connectivity index (χ1) is 11.8. The lowest BCUT2D eigenvalue weighted by Crippen LogP contribution is -1.87. The van der Waals surface area contributed by atoms with Crippen molar-refractivity contribution in [1.82, 2.24) is 4.57 Å². The predicted octanol–water partition coefficient (Wildman–Crippen LogP) is 6.65. The molecule has 0 amide bonds. The van der Waals surface area contributed by atoms with Gasteiger partial charge in [-0.05, 0) is 36.2 Å². The van der Waals surface area contributed by atoms with Crippen LogP contribution in [0, 0.1) is 0 Å². The van der Waals surface area contributed by atoms with Gasteiger partial charge in [0.15, 0.2) is 0 Å². The van der Waals surface area contributed by atoms with Crippen LogP contribution < -0.4 is 0 Å². The van der Waals surface area contributed by atoms with Crippen LogP contribution in [-0.2, 0) is 13.5 Å². The zero-order valence-corrected chi connectivity index (χ0v) is 14.8. The first-order valence-corrected chi connectivity index (χ1v) is 9.41. The Balaban J connectivity index is 2.02. The number of hydrogen-bond donors (Lipinski definition) is 0. The second-order valence-corrected chi connectivity index (χ2v) is 7.68. The normalized spacial score (nSPS) is 12.1. The van der Waals surface area contributed by atoms with Crippen molar-refractivity contribution in [2.45, 2.75) is 19.8 Å². The van der Waals surface area contributed by atoms with E-state index in [0.717, 1.165) is 6.42 Å². The summed E-state index contributed by atoms with van der Waals surface area (Å²) < 4.78 is 5.14. The Hall–Kier alpha value is -2.32. The van der Waals surface area contributed by atoms with E-state index < -0.39 is 0 Å². The summed E-state index contributed by atoms with van der Waals surface area (Å²) in [5, 5.41) is 5.55. The minimum atomic E-state index is 1.15. The molecule has 0 N–H and O–H groups in total. The highest BCUT2D eigenvalue weighted by Crippen LogP contribution is 2.41. The minimum absolute atomic E-state index is 1.15. The molecule has 0 fully saturated rings. The summed E-state index contributed by atoms with van der Waals surface area (Å²) in [6.07, 6.45) is 2.34. The van der Waals surface area contributed by atoms with E-state index in [2.05, 4.69) is 73.1 Å². The molecule has 0 saturated heterocycles. The number of thiophene rings is 1. The van der Waals surface area contributed by atoms with Gasteiger partial charge in [0.1, 0.15) is 0 Å². The molecule has 0 aliphatic rings. The molecule has 24 heavy (non-hydrogen) atoms. The second-order valence-electron chi connectivity index (χ2n) is 6.59. The van der Waals surface area contributed by atoms with Crippen LogP contribution in [-0.4, -0.2) is 4.57 Å². The highest BCUT2D eigenvalue weighted by molar-refractivity contribution is 7.26. The fourth-order valence-corrected chi connectivity index (χ4v) is 5.11. The van der Waals surface area contributed by atoms with Crippen LogP contribution in [0.2, 0.25) is 0 Å². The summed E-state index contributed by atoms with van der Waals surface area (Å²) in [5.74, 6) is 0. The smallest absolute Gasteiger partial charge is 0.0583 e. The van der Waals surface area contributed by atoms with Gasteiger partial charge in [0.2, 0.25) is 0 Å². The Morgan fingerprint density at radius 2 is 1.71 bits per heavy atom. The molecule has 0 bridgehead atoms. The van der Waals surface area contributed by atoms with Gasteiger partial charge >= 0.3 is 0 Å². The van der Waals surface area contributed by atoms with E-state index in [0.29, 0.717) is 0 Å². The summed E-state index contributed by atoms with van der Waals surface area (Å²) in [7, 11) is 2.20. The van der Waals surface area contributed by atoms with Crippen molar-refractivity contribution in [2.24, 2.45) is 7.05 Å².